The molecule has 0 aromatic heterocycles. The first-order valence-electron chi connectivity index (χ1n) is 4.76. The van der Waals surface area contributed by atoms with Crippen LogP contribution in [-0.2, 0) is 4.43 Å². The smallest absolute Gasteiger partial charge is 0.0253 e. The Bertz CT molecular complexity index is 348. The number of allylic oxidation sites excluding steroid dienone is 4. The minimum absolute atomic E-state index is 1.06. The van der Waals surface area contributed by atoms with E-state index in [2.05, 4.69) is 78.9 Å². The van der Waals surface area contributed by atoms with Crippen LogP contribution >= 0.6 is 22.6 Å². The average molecular weight is 298 g/mol. The van der Waals surface area contributed by atoms with Gasteiger partial charge in [-0.3, -0.25) is 0 Å². The molecule has 0 atom stereocenters. The van der Waals surface area contributed by atoms with E-state index in [1.807, 2.05) is 0 Å². The Morgan fingerprint density at radius 1 is 1.29 bits per heavy atom. The predicted molar refractivity (Wildman–Crippen MR) is 72.6 cm³/mol. The van der Waals surface area contributed by atoms with Crippen LogP contribution in [0, 0.1) is 0 Å². The third-order valence-electron chi connectivity index (χ3n) is 2.13. The van der Waals surface area contributed by atoms with Gasteiger partial charge in [-0.1, -0.05) is 65.1 Å². The van der Waals surface area contributed by atoms with E-state index in [1.54, 1.807) is 0 Å². The minimum atomic E-state index is 1.06. The summed E-state index contributed by atoms with van der Waals surface area (Å²) in [4.78, 5) is 0. The van der Waals surface area contributed by atoms with E-state index in [0.29, 0.717) is 0 Å². The molecule has 1 heteroatoms. The standard InChI is InChI=1S/C13H15I/c1-3-7-11(4-2)13-9-6-5-8-12(13)10-14/h3-9H,10H2,1-2H3/b7-3-,11-4+. The summed E-state index contributed by atoms with van der Waals surface area (Å²) < 4.78 is 1.06. The second-order valence-electron chi connectivity index (χ2n) is 3.03. The number of hydrogen-bond donors (Lipinski definition) is 0. The van der Waals surface area contributed by atoms with Crippen LogP contribution in [0.2, 0.25) is 0 Å². The molecule has 1 aromatic carbocycles. The largest absolute Gasteiger partial charge is 0.0871 e. The van der Waals surface area contributed by atoms with E-state index < -0.39 is 0 Å². The van der Waals surface area contributed by atoms with Gasteiger partial charge in [0.2, 0.25) is 0 Å². The number of rotatable bonds is 3. The molecule has 0 aliphatic heterocycles. The molecule has 0 aliphatic rings. The van der Waals surface area contributed by atoms with Crippen molar-refractivity contribution in [3.8, 4) is 0 Å². The second kappa shape index (κ2) is 6.02. The Balaban J connectivity index is 3.16. The summed E-state index contributed by atoms with van der Waals surface area (Å²) in [6, 6.07) is 8.57. The lowest BCUT2D eigenvalue weighted by molar-refractivity contribution is 1.41. The second-order valence-corrected chi connectivity index (χ2v) is 3.80. The number of halogens is 1. The molecular weight excluding hydrogens is 283 g/mol. The summed E-state index contributed by atoms with van der Waals surface area (Å²) in [5.41, 5.74) is 4.06. The van der Waals surface area contributed by atoms with Crippen molar-refractivity contribution in [1.29, 1.82) is 0 Å². The molecule has 14 heavy (non-hydrogen) atoms. The van der Waals surface area contributed by atoms with Crippen molar-refractivity contribution in [3.05, 3.63) is 53.6 Å². The van der Waals surface area contributed by atoms with Crippen molar-refractivity contribution in [3.63, 3.8) is 0 Å². The Kier molecular flexibility index (Phi) is 4.94. The zero-order valence-corrected chi connectivity index (χ0v) is 10.8. The molecule has 0 aliphatic carbocycles. The van der Waals surface area contributed by atoms with E-state index in [9.17, 15) is 0 Å². The third-order valence-corrected chi connectivity index (χ3v) is 2.95. The first kappa shape index (κ1) is 11.5. The first-order chi connectivity index (χ1) is 6.83. The van der Waals surface area contributed by atoms with E-state index in [4.69, 9.17) is 0 Å². The van der Waals surface area contributed by atoms with Gasteiger partial charge in [0.25, 0.3) is 0 Å². The molecule has 0 heterocycles. The van der Waals surface area contributed by atoms with Crippen LogP contribution < -0.4 is 0 Å². The number of alkyl halides is 1. The summed E-state index contributed by atoms with van der Waals surface area (Å²) >= 11 is 2.41. The Hall–Kier alpha value is -0.570. The SMILES string of the molecule is C/C=C\C(=C/C)c1ccccc1CI. The van der Waals surface area contributed by atoms with Gasteiger partial charge in [0.05, 0.1) is 0 Å². The fraction of sp³-hybridized carbons (Fsp3) is 0.231. The van der Waals surface area contributed by atoms with Crippen LogP contribution in [0.1, 0.15) is 25.0 Å². The van der Waals surface area contributed by atoms with Gasteiger partial charge in [-0.2, -0.15) is 0 Å². The van der Waals surface area contributed by atoms with E-state index in [1.165, 1.54) is 16.7 Å². The quantitative estimate of drug-likeness (QED) is 0.434. The maximum atomic E-state index is 2.41. The van der Waals surface area contributed by atoms with Crippen LogP contribution in [-0.4, -0.2) is 0 Å². The van der Waals surface area contributed by atoms with Gasteiger partial charge in [0.15, 0.2) is 0 Å². The summed E-state index contributed by atoms with van der Waals surface area (Å²) in [7, 11) is 0. The highest BCUT2D eigenvalue weighted by molar-refractivity contribution is 14.1. The van der Waals surface area contributed by atoms with Gasteiger partial charge < -0.3 is 0 Å². The molecule has 1 aromatic rings. The average Bonchev–Trinajstić information content (AvgIpc) is 2.26. The molecule has 0 spiro atoms. The molecule has 0 saturated carbocycles. The fourth-order valence-corrected chi connectivity index (χ4v) is 2.10. The van der Waals surface area contributed by atoms with Crippen LogP contribution in [0.25, 0.3) is 5.57 Å². The molecule has 1 rings (SSSR count). The maximum Gasteiger partial charge on any atom is 0.0253 e. The van der Waals surface area contributed by atoms with Gasteiger partial charge in [-0.25, -0.2) is 0 Å². The highest BCUT2D eigenvalue weighted by Gasteiger charge is 2.01. The predicted octanol–water partition coefficient (Wildman–Crippen LogP) is 4.60. The summed E-state index contributed by atoms with van der Waals surface area (Å²) in [5, 5.41) is 0. The van der Waals surface area contributed by atoms with Crippen LogP contribution in [0.3, 0.4) is 0 Å². The van der Waals surface area contributed by atoms with Crippen LogP contribution in [0.15, 0.2) is 42.5 Å². The first-order valence-corrected chi connectivity index (χ1v) is 6.29. The Morgan fingerprint density at radius 3 is 2.57 bits per heavy atom. The highest BCUT2D eigenvalue weighted by Crippen LogP contribution is 2.22. The molecule has 0 radical (unpaired) electrons. The number of benzene rings is 1. The lowest BCUT2D eigenvalue weighted by Gasteiger charge is -2.07. The lowest BCUT2D eigenvalue weighted by atomic mass is 10.0. The van der Waals surface area contributed by atoms with Crippen molar-refractivity contribution in [2.75, 3.05) is 0 Å². The van der Waals surface area contributed by atoms with Gasteiger partial charge in [-0.15, -0.1) is 0 Å². The molecule has 0 N–H and O–H groups in total. The normalized spacial score (nSPS) is 12.4. The third kappa shape index (κ3) is 2.71. The Morgan fingerprint density at radius 2 is 2.00 bits per heavy atom. The highest BCUT2D eigenvalue weighted by atomic mass is 127. The van der Waals surface area contributed by atoms with Gasteiger partial charge in [-0.05, 0) is 30.5 Å². The number of hydrogen-bond acceptors (Lipinski definition) is 0. The van der Waals surface area contributed by atoms with Crippen LogP contribution in [0.5, 0.6) is 0 Å². The van der Waals surface area contributed by atoms with Crippen molar-refractivity contribution in [2.45, 2.75) is 18.3 Å². The monoisotopic (exact) mass is 298 g/mol. The van der Waals surface area contributed by atoms with Gasteiger partial charge in [0, 0.05) is 4.43 Å². The van der Waals surface area contributed by atoms with Crippen molar-refractivity contribution < 1.29 is 0 Å². The van der Waals surface area contributed by atoms with Crippen molar-refractivity contribution in [2.24, 2.45) is 0 Å². The maximum absolute atomic E-state index is 2.41. The van der Waals surface area contributed by atoms with E-state index in [-0.39, 0.29) is 0 Å². The summed E-state index contributed by atoms with van der Waals surface area (Å²) in [5.74, 6) is 0. The molecule has 0 saturated heterocycles. The molecule has 0 bridgehead atoms. The molecule has 0 amide bonds. The lowest BCUT2D eigenvalue weighted by Crippen LogP contribution is -1.88. The van der Waals surface area contributed by atoms with Gasteiger partial charge >= 0.3 is 0 Å². The van der Waals surface area contributed by atoms with Crippen molar-refractivity contribution >= 4 is 28.2 Å². The molecule has 0 fully saturated rings. The fourth-order valence-electron chi connectivity index (χ4n) is 1.44. The van der Waals surface area contributed by atoms with Crippen molar-refractivity contribution in [1.82, 2.24) is 0 Å². The summed E-state index contributed by atoms with van der Waals surface area (Å²) in [6.45, 7) is 4.13. The zero-order valence-electron chi connectivity index (χ0n) is 8.63. The minimum Gasteiger partial charge on any atom is -0.0871 e. The zero-order chi connectivity index (χ0) is 10.4. The summed E-state index contributed by atoms with van der Waals surface area (Å²) in [6.07, 6.45) is 6.40. The molecule has 0 nitrogen and oxygen atoms in total. The molecule has 74 valence electrons. The van der Waals surface area contributed by atoms with Gasteiger partial charge in [0.1, 0.15) is 0 Å². The molecular formula is C13H15I. The van der Waals surface area contributed by atoms with E-state index >= 15 is 0 Å². The topological polar surface area (TPSA) is 0 Å². The Labute approximate surface area is 99.9 Å². The van der Waals surface area contributed by atoms with E-state index in [0.717, 1.165) is 4.43 Å². The molecule has 0 unspecified atom stereocenters. The van der Waals surface area contributed by atoms with Crippen LogP contribution in [0.4, 0.5) is 0 Å².